The van der Waals surface area contributed by atoms with Crippen LogP contribution in [0.3, 0.4) is 0 Å². The van der Waals surface area contributed by atoms with E-state index in [0.717, 1.165) is 5.56 Å². The molecule has 3 heteroatoms. The Morgan fingerprint density at radius 3 is 2.20 bits per heavy atom. The summed E-state index contributed by atoms with van der Waals surface area (Å²) in [6, 6.07) is 19.9. The van der Waals surface area contributed by atoms with Crippen molar-refractivity contribution in [3.8, 4) is 12.1 Å². The predicted octanol–water partition coefficient (Wildman–Crippen LogP) is 3.44. The van der Waals surface area contributed by atoms with Crippen molar-refractivity contribution < 1.29 is 4.79 Å². The predicted molar refractivity (Wildman–Crippen MR) is 74.9 cm³/mol. The molecule has 2 aromatic rings. The first-order valence-electron chi connectivity index (χ1n) is 6.22. The van der Waals surface area contributed by atoms with Gasteiger partial charge < -0.3 is 0 Å². The number of carbonyl (C=O) groups excluding carboxylic acids is 1. The average Bonchev–Trinajstić information content (AvgIpc) is 2.53. The number of rotatable bonds is 4. The van der Waals surface area contributed by atoms with Crippen molar-refractivity contribution in [1.82, 2.24) is 0 Å². The molecule has 3 nitrogen and oxygen atoms in total. The summed E-state index contributed by atoms with van der Waals surface area (Å²) in [6.07, 6.45) is 0.142. The summed E-state index contributed by atoms with van der Waals surface area (Å²) >= 11 is 0. The summed E-state index contributed by atoms with van der Waals surface area (Å²) in [5, 5.41) is 17.7. The van der Waals surface area contributed by atoms with Gasteiger partial charge in [-0.3, -0.25) is 4.79 Å². The lowest BCUT2D eigenvalue weighted by molar-refractivity contribution is 0.0960. The van der Waals surface area contributed by atoms with E-state index in [1.54, 1.807) is 24.3 Å². The zero-order valence-corrected chi connectivity index (χ0v) is 10.8. The van der Waals surface area contributed by atoms with Gasteiger partial charge in [-0.2, -0.15) is 10.5 Å². The summed E-state index contributed by atoms with van der Waals surface area (Å²) in [7, 11) is 0. The molecule has 0 heterocycles. The fraction of sp³-hybridized carbons (Fsp3) is 0.118. The van der Waals surface area contributed by atoms with Gasteiger partial charge in [0.2, 0.25) is 0 Å². The van der Waals surface area contributed by atoms with Gasteiger partial charge in [-0.05, 0) is 17.7 Å². The van der Waals surface area contributed by atoms with Crippen LogP contribution in [-0.4, -0.2) is 5.78 Å². The third kappa shape index (κ3) is 2.91. The highest BCUT2D eigenvalue weighted by atomic mass is 16.1. The lowest BCUT2D eigenvalue weighted by atomic mass is 9.88. The van der Waals surface area contributed by atoms with E-state index >= 15 is 0 Å². The highest BCUT2D eigenvalue weighted by Crippen LogP contribution is 2.24. The van der Waals surface area contributed by atoms with E-state index in [9.17, 15) is 4.79 Å². The van der Waals surface area contributed by atoms with Gasteiger partial charge in [0.15, 0.2) is 5.78 Å². The Balaban J connectivity index is 2.32. The van der Waals surface area contributed by atoms with Crippen molar-refractivity contribution in [2.24, 2.45) is 0 Å². The summed E-state index contributed by atoms with van der Waals surface area (Å²) < 4.78 is 0. The standard InChI is InChI=1S/C17H12N2O/c18-11-10-16(14-4-2-1-3-5-14)17(20)15-8-6-13(12-19)7-9-15/h1-9,16H,10H2. The summed E-state index contributed by atoms with van der Waals surface area (Å²) in [5.74, 6) is -0.559. The zero-order valence-electron chi connectivity index (χ0n) is 10.8. The van der Waals surface area contributed by atoms with Gasteiger partial charge in [0.05, 0.1) is 23.6 Å². The molecule has 0 bridgehead atoms. The number of hydrogen-bond acceptors (Lipinski definition) is 3. The zero-order chi connectivity index (χ0) is 14.4. The van der Waals surface area contributed by atoms with Gasteiger partial charge in [-0.1, -0.05) is 42.5 Å². The van der Waals surface area contributed by atoms with Crippen LogP contribution in [0, 0.1) is 22.7 Å². The Bertz CT molecular complexity index is 676. The van der Waals surface area contributed by atoms with Gasteiger partial charge >= 0.3 is 0 Å². The maximum atomic E-state index is 12.5. The summed E-state index contributed by atoms with van der Waals surface area (Å²) in [6.45, 7) is 0. The quantitative estimate of drug-likeness (QED) is 0.791. The lowest BCUT2D eigenvalue weighted by Crippen LogP contribution is -2.12. The van der Waals surface area contributed by atoms with Crippen molar-refractivity contribution in [3.05, 3.63) is 71.3 Å². The van der Waals surface area contributed by atoms with E-state index in [-0.39, 0.29) is 12.2 Å². The van der Waals surface area contributed by atoms with Crippen LogP contribution in [0.25, 0.3) is 0 Å². The van der Waals surface area contributed by atoms with Crippen LogP contribution in [0.5, 0.6) is 0 Å². The van der Waals surface area contributed by atoms with Crippen LogP contribution in [0.15, 0.2) is 54.6 Å². The van der Waals surface area contributed by atoms with Crippen molar-refractivity contribution >= 4 is 5.78 Å². The van der Waals surface area contributed by atoms with E-state index in [1.807, 2.05) is 36.4 Å². The second-order valence-electron chi connectivity index (χ2n) is 4.38. The first-order valence-corrected chi connectivity index (χ1v) is 6.22. The molecule has 0 saturated carbocycles. The average molecular weight is 260 g/mol. The Hall–Kier alpha value is -2.91. The maximum Gasteiger partial charge on any atom is 0.171 e. The third-order valence-electron chi connectivity index (χ3n) is 3.11. The molecule has 96 valence electrons. The lowest BCUT2D eigenvalue weighted by Gasteiger charge is -2.13. The monoisotopic (exact) mass is 260 g/mol. The first-order chi connectivity index (χ1) is 9.76. The molecule has 2 rings (SSSR count). The molecular weight excluding hydrogens is 248 g/mol. The molecule has 0 aromatic heterocycles. The Kier molecular flexibility index (Phi) is 4.27. The molecule has 2 aromatic carbocycles. The minimum Gasteiger partial charge on any atom is -0.293 e. The molecule has 20 heavy (non-hydrogen) atoms. The number of nitriles is 2. The number of ketones is 1. The minimum absolute atomic E-state index is 0.0951. The number of nitrogens with zero attached hydrogens (tertiary/aromatic N) is 2. The SMILES string of the molecule is N#CCC(C(=O)c1ccc(C#N)cc1)c1ccccc1. The Morgan fingerprint density at radius 1 is 1.00 bits per heavy atom. The highest BCUT2D eigenvalue weighted by Gasteiger charge is 2.21. The smallest absolute Gasteiger partial charge is 0.171 e. The van der Waals surface area contributed by atoms with Gasteiger partial charge in [0.25, 0.3) is 0 Å². The first kappa shape index (κ1) is 13.5. The van der Waals surface area contributed by atoms with E-state index < -0.39 is 5.92 Å². The molecule has 0 amide bonds. The number of benzene rings is 2. The molecule has 0 aliphatic rings. The van der Waals surface area contributed by atoms with Crippen molar-refractivity contribution in [2.75, 3.05) is 0 Å². The second-order valence-corrected chi connectivity index (χ2v) is 4.38. The molecule has 0 aliphatic carbocycles. The molecule has 1 unspecified atom stereocenters. The largest absolute Gasteiger partial charge is 0.293 e. The van der Waals surface area contributed by atoms with E-state index in [2.05, 4.69) is 6.07 Å². The van der Waals surface area contributed by atoms with E-state index in [0.29, 0.717) is 11.1 Å². The number of carbonyl (C=O) groups is 1. The van der Waals surface area contributed by atoms with Gasteiger partial charge in [0.1, 0.15) is 0 Å². The van der Waals surface area contributed by atoms with Crippen LogP contribution in [-0.2, 0) is 0 Å². The van der Waals surface area contributed by atoms with Gasteiger partial charge in [-0.15, -0.1) is 0 Å². The number of hydrogen-bond donors (Lipinski definition) is 0. The van der Waals surface area contributed by atoms with Crippen LogP contribution >= 0.6 is 0 Å². The third-order valence-corrected chi connectivity index (χ3v) is 3.11. The van der Waals surface area contributed by atoms with Gasteiger partial charge in [-0.25, -0.2) is 0 Å². The second kappa shape index (κ2) is 6.31. The normalized spacial score (nSPS) is 11.1. The Labute approximate surface area is 117 Å². The molecule has 0 saturated heterocycles. The van der Waals surface area contributed by atoms with Crippen LogP contribution in [0.4, 0.5) is 0 Å². The van der Waals surface area contributed by atoms with E-state index in [4.69, 9.17) is 10.5 Å². The fourth-order valence-corrected chi connectivity index (χ4v) is 2.05. The maximum absolute atomic E-state index is 12.5. The molecule has 0 radical (unpaired) electrons. The molecular formula is C17H12N2O. The molecule has 1 atom stereocenters. The van der Waals surface area contributed by atoms with Crippen LogP contribution < -0.4 is 0 Å². The van der Waals surface area contributed by atoms with Crippen LogP contribution in [0.1, 0.15) is 33.8 Å². The molecule has 0 spiro atoms. The Morgan fingerprint density at radius 2 is 1.65 bits per heavy atom. The van der Waals surface area contributed by atoms with E-state index in [1.165, 1.54) is 0 Å². The summed E-state index contributed by atoms with van der Waals surface area (Å²) in [4.78, 5) is 12.5. The topological polar surface area (TPSA) is 64.7 Å². The van der Waals surface area contributed by atoms with Crippen LogP contribution in [0.2, 0.25) is 0 Å². The van der Waals surface area contributed by atoms with Crippen molar-refractivity contribution in [3.63, 3.8) is 0 Å². The van der Waals surface area contributed by atoms with Gasteiger partial charge in [0, 0.05) is 12.0 Å². The molecule has 0 N–H and O–H groups in total. The summed E-state index contributed by atoms with van der Waals surface area (Å²) in [5.41, 5.74) is 1.87. The highest BCUT2D eigenvalue weighted by molar-refractivity contribution is 6.01. The minimum atomic E-state index is -0.464. The molecule has 0 aliphatic heterocycles. The molecule has 0 fully saturated rings. The van der Waals surface area contributed by atoms with Crippen molar-refractivity contribution in [2.45, 2.75) is 12.3 Å². The number of Topliss-reactive ketones (excluding diaryl/α,β-unsaturated/α-hetero) is 1. The fourth-order valence-electron chi connectivity index (χ4n) is 2.05. The van der Waals surface area contributed by atoms with Crippen molar-refractivity contribution in [1.29, 1.82) is 10.5 Å².